The minimum Gasteiger partial charge on any atom is -0.356 e. The van der Waals surface area contributed by atoms with Gasteiger partial charge in [0, 0.05) is 23.5 Å². The lowest BCUT2D eigenvalue weighted by Crippen LogP contribution is -2.42. The Bertz CT molecular complexity index is 734. The molecule has 5 heteroatoms. The van der Waals surface area contributed by atoms with Gasteiger partial charge in [-0.1, -0.05) is 39.0 Å². The normalized spacial score (nSPS) is 12.2. The summed E-state index contributed by atoms with van der Waals surface area (Å²) in [5.74, 6) is -0.362. The minimum atomic E-state index is -0.591. The Morgan fingerprint density at radius 2 is 1.42 bits per heavy atom. The molecule has 3 N–H and O–H groups in total. The minimum absolute atomic E-state index is 0.109. The van der Waals surface area contributed by atoms with E-state index in [-0.39, 0.29) is 17.2 Å². The van der Waals surface area contributed by atoms with E-state index < -0.39 is 6.04 Å². The highest BCUT2D eigenvalue weighted by Gasteiger charge is 2.20. The van der Waals surface area contributed by atoms with Crippen molar-refractivity contribution in [3.63, 3.8) is 0 Å². The Hall–Kier alpha value is -2.82. The maximum atomic E-state index is 12.2. The van der Waals surface area contributed by atoms with Crippen LogP contribution in [-0.2, 0) is 9.59 Å². The van der Waals surface area contributed by atoms with Crippen LogP contribution >= 0.6 is 0 Å². The van der Waals surface area contributed by atoms with Crippen LogP contribution in [0.15, 0.2) is 54.6 Å². The third-order valence-electron chi connectivity index (χ3n) is 3.68. The highest BCUT2D eigenvalue weighted by molar-refractivity contribution is 5.97. The number of rotatable bonds is 6. The topological polar surface area (TPSA) is 70.2 Å². The largest absolute Gasteiger partial charge is 0.356 e. The van der Waals surface area contributed by atoms with Crippen molar-refractivity contribution in [2.75, 3.05) is 10.6 Å². The lowest BCUT2D eigenvalue weighted by Gasteiger charge is -2.20. The second-order valence-electron chi connectivity index (χ2n) is 7.58. The Morgan fingerprint density at radius 1 is 0.885 bits per heavy atom. The molecule has 26 heavy (non-hydrogen) atoms. The van der Waals surface area contributed by atoms with Crippen molar-refractivity contribution in [1.29, 1.82) is 0 Å². The van der Waals surface area contributed by atoms with Crippen LogP contribution in [0.4, 0.5) is 17.1 Å². The SMILES string of the molecule is CC(NC(=O)CC(C)(C)C)C(=O)Nc1ccc(Nc2ccccc2)cc1. The van der Waals surface area contributed by atoms with Gasteiger partial charge in [0.2, 0.25) is 11.8 Å². The van der Waals surface area contributed by atoms with Crippen LogP contribution < -0.4 is 16.0 Å². The summed E-state index contributed by atoms with van der Waals surface area (Å²) in [5.41, 5.74) is 2.51. The van der Waals surface area contributed by atoms with Crippen LogP contribution in [0.3, 0.4) is 0 Å². The number of para-hydroxylation sites is 1. The van der Waals surface area contributed by atoms with Crippen molar-refractivity contribution < 1.29 is 9.59 Å². The predicted octanol–water partition coefficient (Wildman–Crippen LogP) is 4.31. The highest BCUT2D eigenvalue weighted by Crippen LogP contribution is 2.19. The average Bonchev–Trinajstić information content (AvgIpc) is 2.55. The van der Waals surface area contributed by atoms with Gasteiger partial charge in [-0.15, -0.1) is 0 Å². The van der Waals surface area contributed by atoms with Crippen molar-refractivity contribution in [2.24, 2.45) is 5.41 Å². The van der Waals surface area contributed by atoms with E-state index in [9.17, 15) is 9.59 Å². The van der Waals surface area contributed by atoms with E-state index in [1.165, 1.54) is 0 Å². The fourth-order valence-electron chi connectivity index (χ4n) is 2.42. The molecule has 2 rings (SSSR count). The lowest BCUT2D eigenvalue weighted by molar-refractivity contribution is -0.127. The zero-order valence-electron chi connectivity index (χ0n) is 15.8. The zero-order valence-corrected chi connectivity index (χ0v) is 15.8. The Labute approximate surface area is 155 Å². The van der Waals surface area contributed by atoms with Crippen LogP contribution in [0.1, 0.15) is 34.1 Å². The Balaban J connectivity index is 1.87. The summed E-state index contributed by atoms with van der Waals surface area (Å²) < 4.78 is 0. The number of hydrogen-bond acceptors (Lipinski definition) is 3. The molecule has 0 saturated heterocycles. The van der Waals surface area contributed by atoms with Crippen molar-refractivity contribution >= 4 is 28.9 Å². The zero-order chi connectivity index (χ0) is 19.2. The second kappa shape index (κ2) is 8.52. The molecule has 5 nitrogen and oxygen atoms in total. The van der Waals surface area contributed by atoms with Crippen molar-refractivity contribution in [2.45, 2.75) is 40.2 Å². The molecule has 2 aromatic rings. The maximum Gasteiger partial charge on any atom is 0.246 e. The summed E-state index contributed by atoms with van der Waals surface area (Å²) >= 11 is 0. The standard InChI is InChI=1S/C21H27N3O2/c1-15(22-19(25)14-21(2,3)4)20(26)24-18-12-10-17(11-13-18)23-16-8-6-5-7-9-16/h5-13,15,23H,14H2,1-4H3,(H,22,25)(H,24,26). The van der Waals surface area contributed by atoms with Gasteiger partial charge in [0.25, 0.3) is 0 Å². The van der Waals surface area contributed by atoms with Gasteiger partial charge in [0.1, 0.15) is 6.04 Å². The van der Waals surface area contributed by atoms with E-state index >= 15 is 0 Å². The van der Waals surface area contributed by atoms with Crippen molar-refractivity contribution in [3.8, 4) is 0 Å². The smallest absolute Gasteiger partial charge is 0.246 e. The van der Waals surface area contributed by atoms with E-state index in [1.54, 1.807) is 6.92 Å². The van der Waals surface area contributed by atoms with Gasteiger partial charge in [-0.05, 0) is 48.7 Å². The molecule has 0 aliphatic heterocycles. The molecule has 1 atom stereocenters. The lowest BCUT2D eigenvalue weighted by atomic mass is 9.92. The molecule has 2 amide bonds. The number of amides is 2. The van der Waals surface area contributed by atoms with Crippen LogP contribution in [0.2, 0.25) is 0 Å². The second-order valence-corrected chi connectivity index (χ2v) is 7.58. The summed E-state index contributed by atoms with van der Waals surface area (Å²) in [7, 11) is 0. The first-order valence-electron chi connectivity index (χ1n) is 8.75. The van der Waals surface area contributed by atoms with E-state index in [0.29, 0.717) is 12.1 Å². The molecule has 138 valence electrons. The first-order chi connectivity index (χ1) is 12.2. The average molecular weight is 353 g/mol. The summed E-state index contributed by atoms with van der Waals surface area (Å²) in [6.45, 7) is 7.65. The summed E-state index contributed by atoms with van der Waals surface area (Å²) in [6, 6.07) is 16.7. The van der Waals surface area contributed by atoms with E-state index in [2.05, 4.69) is 16.0 Å². The summed E-state index contributed by atoms with van der Waals surface area (Å²) in [6.07, 6.45) is 0.379. The fourth-order valence-corrected chi connectivity index (χ4v) is 2.42. The summed E-state index contributed by atoms with van der Waals surface area (Å²) in [5, 5.41) is 8.84. The quantitative estimate of drug-likeness (QED) is 0.725. The first-order valence-corrected chi connectivity index (χ1v) is 8.75. The molecular formula is C21H27N3O2. The monoisotopic (exact) mass is 353 g/mol. The van der Waals surface area contributed by atoms with Crippen LogP contribution in [0.5, 0.6) is 0 Å². The molecule has 0 aliphatic rings. The molecule has 0 radical (unpaired) electrons. The van der Waals surface area contributed by atoms with Crippen LogP contribution in [0, 0.1) is 5.41 Å². The van der Waals surface area contributed by atoms with Crippen molar-refractivity contribution in [3.05, 3.63) is 54.6 Å². The van der Waals surface area contributed by atoms with Gasteiger partial charge in [-0.25, -0.2) is 0 Å². The molecule has 0 fully saturated rings. The molecule has 0 spiro atoms. The molecule has 0 aromatic heterocycles. The fraction of sp³-hybridized carbons (Fsp3) is 0.333. The van der Waals surface area contributed by atoms with E-state index in [1.807, 2.05) is 75.4 Å². The first kappa shape index (κ1) is 19.5. The third kappa shape index (κ3) is 6.59. The molecule has 0 heterocycles. The molecule has 0 saturated carbocycles. The number of nitrogens with one attached hydrogen (secondary N) is 3. The molecule has 1 unspecified atom stereocenters. The van der Waals surface area contributed by atoms with Gasteiger partial charge in [-0.2, -0.15) is 0 Å². The van der Waals surface area contributed by atoms with Gasteiger partial charge in [-0.3, -0.25) is 9.59 Å². The molecule has 0 bridgehead atoms. The number of hydrogen-bond donors (Lipinski definition) is 3. The van der Waals surface area contributed by atoms with Crippen LogP contribution in [0.25, 0.3) is 0 Å². The number of anilines is 3. The van der Waals surface area contributed by atoms with E-state index in [0.717, 1.165) is 11.4 Å². The third-order valence-corrected chi connectivity index (χ3v) is 3.68. The number of carbonyl (C=O) groups is 2. The highest BCUT2D eigenvalue weighted by atomic mass is 16.2. The molecule has 2 aromatic carbocycles. The predicted molar refractivity (Wildman–Crippen MR) is 106 cm³/mol. The van der Waals surface area contributed by atoms with Crippen LogP contribution in [-0.4, -0.2) is 17.9 Å². The van der Waals surface area contributed by atoms with Gasteiger partial charge in [0.05, 0.1) is 0 Å². The number of carbonyl (C=O) groups excluding carboxylic acids is 2. The Kier molecular flexibility index (Phi) is 6.39. The van der Waals surface area contributed by atoms with Gasteiger partial charge in [0.15, 0.2) is 0 Å². The van der Waals surface area contributed by atoms with Crippen molar-refractivity contribution in [1.82, 2.24) is 5.32 Å². The summed E-state index contributed by atoms with van der Waals surface area (Å²) in [4.78, 5) is 24.2. The molecule has 0 aliphatic carbocycles. The van der Waals surface area contributed by atoms with E-state index in [4.69, 9.17) is 0 Å². The number of benzene rings is 2. The van der Waals surface area contributed by atoms with Gasteiger partial charge >= 0.3 is 0 Å². The Morgan fingerprint density at radius 3 is 2.00 bits per heavy atom. The van der Waals surface area contributed by atoms with Gasteiger partial charge < -0.3 is 16.0 Å². The maximum absolute atomic E-state index is 12.2. The molecular weight excluding hydrogens is 326 g/mol.